The van der Waals surface area contributed by atoms with Gasteiger partial charge in [0.25, 0.3) is 0 Å². The summed E-state index contributed by atoms with van der Waals surface area (Å²) in [5, 5.41) is 8.82. The van der Waals surface area contributed by atoms with Crippen molar-refractivity contribution in [2.24, 2.45) is 0 Å². The lowest BCUT2D eigenvalue weighted by Gasteiger charge is -2.15. The van der Waals surface area contributed by atoms with Crippen LogP contribution in [0.5, 0.6) is 17.2 Å². The van der Waals surface area contributed by atoms with Crippen molar-refractivity contribution in [3.63, 3.8) is 0 Å². The topological polar surface area (TPSA) is 82.1 Å². The Morgan fingerprint density at radius 2 is 1.61 bits per heavy atom. The summed E-state index contributed by atoms with van der Waals surface area (Å²) in [4.78, 5) is 22.8. The van der Waals surface area contributed by atoms with Crippen molar-refractivity contribution in [2.45, 2.75) is 13.0 Å². The fourth-order valence-electron chi connectivity index (χ4n) is 1.82. The van der Waals surface area contributed by atoms with E-state index < -0.39 is 18.0 Å². The van der Waals surface area contributed by atoms with Crippen LogP contribution in [0.25, 0.3) is 0 Å². The van der Waals surface area contributed by atoms with Crippen molar-refractivity contribution in [1.82, 2.24) is 0 Å². The van der Waals surface area contributed by atoms with Gasteiger partial charge in [0.1, 0.15) is 5.75 Å². The largest absolute Gasteiger partial charge is 0.493 e. The second kappa shape index (κ2) is 7.31. The lowest BCUT2D eigenvalue weighted by molar-refractivity contribution is -0.141. The van der Waals surface area contributed by atoms with Gasteiger partial charge in [0.05, 0.1) is 12.7 Å². The maximum atomic E-state index is 12.0. The number of rotatable bonds is 6. The fraction of sp³-hybridized carbons (Fsp3) is 0.176. The van der Waals surface area contributed by atoms with Gasteiger partial charge in [-0.05, 0) is 43.3 Å². The molecule has 0 amide bonds. The summed E-state index contributed by atoms with van der Waals surface area (Å²) in [6.07, 6.45) is -0.856. The Bertz CT molecular complexity index is 692. The van der Waals surface area contributed by atoms with Crippen LogP contribution in [0.4, 0.5) is 0 Å². The monoisotopic (exact) mass is 316 g/mol. The Morgan fingerprint density at radius 1 is 1.00 bits per heavy atom. The van der Waals surface area contributed by atoms with Crippen LogP contribution in [-0.2, 0) is 4.79 Å². The zero-order valence-electron chi connectivity index (χ0n) is 12.7. The molecule has 6 nitrogen and oxygen atoms in total. The molecule has 0 saturated heterocycles. The van der Waals surface area contributed by atoms with Gasteiger partial charge in [-0.2, -0.15) is 0 Å². The highest BCUT2D eigenvalue weighted by Crippen LogP contribution is 2.27. The van der Waals surface area contributed by atoms with E-state index in [-0.39, 0.29) is 11.3 Å². The first-order valence-corrected chi connectivity index (χ1v) is 6.86. The van der Waals surface area contributed by atoms with Crippen molar-refractivity contribution in [2.75, 3.05) is 7.11 Å². The van der Waals surface area contributed by atoms with Crippen molar-refractivity contribution < 1.29 is 28.9 Å². The molecule has 2 rings (SSSR count). The van der Waals surface area contributed by atoms with Crippen LogP contribution in [0.1, 0.15) is 17.3 Å². The molecule has 2 aromatic rings. The highest BCUT2D eigenvalue weighted by atomic mass is 16.6. The lowest BCUT2D eigenvalue weighted by Crippen LogP contribution is -2.28. The van der Waals surface area contributed by atoms with Gasteiger partial charge in [-0.1, -0.05) is 12.1 Å². The normalized spacial score (nSPS) is 11.4. The number of esters is 1. The van der Waals surface area contributed by atoms with Gasteiger partial charge in [-0.15, -0.1) is 0 Å². The zero-order valence-corrected chi connectivity index (χ0v) is 12.7. The molecule has 0 bridgehead atoms. The van der Waals surface area contributed by atoms with Crippen molar-refractivity contribution >= 4 is 11.9 Å². The van der Waals surface area contributed by atoms with Gasteiger partial charge in [0.15, 0.2) is 17.6 Å². The van der Waals surface area contributed by atoms with E-state index in [4.69, 9.17) is 19.3 Å². The van der Waals surface area contributed by atoms with Gasteiger partial charge in [-0.3, -0.25) is 0 Å². The predicted octanol–water partition coefficient (Wildman–Crippen LogP) is 2.77. The van der Waals surface area contributed by atoms with Crippen LogP contribution < -0.4 is 14.2 Å². The molecule has 0 aliphatic rings. The third-order valence-electron chi connectivity index (χ3n) is 3.02. The molecule has 1 atom stereocenters. The summed E-state index contributed by atoms with van der Waals surface area (Å²) in [5.41, 5.74) is 0.114. The van der Waals surface area contributed by atoms with E-state index in [0.717, 1.165) is 0 Å². The Labute approximate surface area is 133 Å². The molecule has 0 radical (unpaired) electrons. The highest BCUT2D eigenvalue weighted by molar-refractivity contribution is 5.87. The summed E-state index contributed by atoms with van der Waals surface area (Å²) < 4.78 is 15.8. The second-order valence-corrected chi connectivity index (χ2v) is 4.66. The van der Waals surface area contributed by atoms with Crippen molar-refractivity contribution in [3.05, 3.63) is 54.1 Å². The minimum absolute atomic E-state index is 0.114. The summed E-state index contributed by atoms with van der Waals surface area (Å²) in [5.74, 6) is -0.455. The van der Waals surface area contributed by atoms with E-state index in [1.54, 1.807) is 31.2 Å². The molecule has 0 fully saturated rings. The molecular formula is C17H16O6. The number of hydrogen-bond acceptors (Lipinski definition) is 5. The number of carbonyl (C=O) groups is 2. The molecular weight excluding hydrogens is 300 g/mol. The number of carboxylic acids is 1. The van der Waals surface area contributed by atoms with Gasteiger partial charge in [0.2, 0.25) is 0 Å². The molecule has 0 aliphatic heterocycles. The Hall–Kier alpha value is -3.02. The third-order valence-corrected chi connectivity index (χ3v) is 3.02. The molecule has 0 spiro atoms. The van der Waals surface area contributed by atoms with Crippen molar-refractivity contribution in [3.8, 4) is 17.2 Å². The standard InChI is InChI=1S/C17H16O6/c1-11(22-15-6-4-3-5-14(15)21-2)17(20)23-13-9-7-12(8-10-13)16(18)19/h3-11H,1-2H3,(H,18,19). The number of carbonyl (C=O) groups excluding carboxylic acids is 1. The summed E-state index contributed by atoms with van der Waals surface area (Å²) >= 11 is 0. The zero-order chi connectivity index (χ0) is 16.8. The minimum Gasteiger partial charge on any atom is -0.493 e. The average molecular weight is 316 g/mol. The molecule has 0 aromatic heterocycles. The fourth-order valence-corrected chi connectivity index (χ4v) is 1.82. The minimum atomic E-state index is -1.05. The number of carboxylic acid groups (broad SMARTS) is 1. The van der Waals surface area contributed by atoms with E-state index in [2.05, 4.69) is 0 Å². The number of ether oxygens (including phenoxy) is 3. The summed E-state index contributed by atoms with van der Waals surface area (Å²) in [7, 11) is 1.51. The number of aromatic carboxylic acids is 1. The lowest BCUT2D eigenvalue weighted by atomic mass is 10.2. The van der Waals surface area contributed by atoms with Crippen LogP contribution in [0, 0.1) is 0 Å². The van der Waals surface area contributed by atoms with Gasteiger partial charge in [0, 0.05) is 0 Å². The van der Waals surface area contributed by atoms with Crippen LogP contribution in [0.15, 0.2) is 48.5 Å². The molecule has 1 N–H and O–H groups in total. The van der Waals surface area contributed by atoms with E-state index in [1.807, 2.05) is 0 Å². The average Bonchev–Trinajstić information content (AvgIpc) is 2.55. The first-order chi connectivity index (χ1) is 11.0. The van der Waals surface area contributed by atoms with E-state index >= 15 is 0 Å². The van der Waals surface area contributed by atoms with Crippen LogP contribution in [0.2, 0.25) is 0 Å². The second-order valence-electron chi connectivity index (χ2n) is 4.66. The van der Waals surface area contributed by atoms with Crippen LogP contribution in [-0.4, -0.2) is 30.3 Å². The van der Waals surface area contributed by atoms with Gasteiger partial charge in [-0.25, -0.2) is 9.59 Å². The molecule has 6 heteroatoms. The molecule has 0 heterocycles. The molecule has 0 saturated carbocycles. The number of methoxy groups -OCH3 is 1. The molecule has 0 aliphatic carbocycles. The quantitative estimate of drug-likeness (QED) is 0.652. The molecule has 2 aromatic carbocycles. The van der Waals surface area contributed by atoms with Crippen molar-refractivity contribution in [1.29, 1.82) is 0 Å². The summed E-state index contributed by atoms with van der Waals surface area (Å²) in [6, 6.07) is 12.5. The Morgan fingerprint density at radius 3 is 2.17 bits per heavy atom. The van der Waals surface area contributed by atoms with Gasteiger partial charge >= 0.3 is 11.9 Å². The molecule has 120 valence electrons. The van der Waals surface area contributed by atoms with E-state index in [9.17, 15) is 9.59 Å². The van der Waals surface area contributed by atoms with E-state index in [1.165, 1.54) is 31.4 Å². The predicted molar refractivity (Wildman–Crippen MR) is 82.1 cm³/mol. The van der Waals surface area contributed by atoms with Crippen LogP contribution >= 0.6 is 0 Å². The van der Waals surface area contributed by atoms with Crippen LogP contribution in [0.3, 0.4) is 0 Å². The maximum absolute atomic E-state index is 12.0. The number of hydrogen-bond donors (Lipinski definition) is 1. The molecule has 1 unspecified atom stereocenters. The Balaban J connectivity index is 2.01. The summed E-state index contributed by atoms with van der Waals surface area (Å²) in [6.45, 7) is 1.56. The smallest absolute Gasteiger partial charge is 0.352 e. The Kier molecular flexibility index (Phi) is 5.19. The first kappa shape index (κ1) is 16.4. The number of benzene rings is 2. The SMILES string of the molecule is COc1ccccc1OC(C)C(=O)Oc1ccc(C(=O)O)cc1. The molecule has 23 heavy (non-hydrogen) atoms. The third kappa shape index (κ3) is 4.23. The van der Waals surface area contributed by atoms with Gasteiger partial charge < -0.3 is 19.3 Å². The highest BCUT2D eigenvalue weighted by Gasteiger charge is 2.19. The first-order valence-electron chi connectivity index (χ1n) is 6.86. The maximum Gasteiger partial charge on any atom is 0.352 e. The van der Waals surface area contributed by atoms with E-state index in [0.29, 0.717) is 11.5 Å². The number of para-hydroxylation sites is 2.